The summed E-state index contributed by atoms with van der Waals surface area (Å²) in [5.41, 5.74) is 0. The van der Waals surface area contributed by atoms with Crippen LogP contribution in [0.5, 0.6) is 0 Å². The van der Waals surface area contributed by atoms with Crippen molar-refractivity contribution in [2.45, 2.75) is 46.0 Å². The molecule has 1 atom stereocenters. The van der Waals surface area contributed by atoms with Gasteiger partial charge in [0.2, 0.25) is 0 Å². The molecule has 0 rings (SSSR count). The molecular formula is C9H17N. The van der Waals surface area contributed by atoms with Gasteiger partial charge >= 0.3 is 0 Å². The minimum absolute atomic E-state index is 0.657. The minimum Gasteiger partial charge on any atom is -0.198 e. The van der Waals surface area contributed by atoms with Gasteiger partial charge in [-0.2, -0.15) is 5.26 Å². The second kappa shape index (κ2) is 6.61. The lowest BCUT2D eigenvalue weighted by atomic mass is 9.97. The van der Waals surface area contributed by atoms with Crippen molar-refractivity contribution in [2.24, 2.45) is 5.92 Å². The molecule has 10 heavy (non-hydrogen) atoms. The predicted molar refractivity (Wildman–Crippen MR) is 43.5 cm³/mol. The van der Waals surface area contributed by atoms with Gasteiger partial charge in [0.15, 0.2) is 0 Å². The summed E-state index contributed by atoms with van der Waals surface area (Å²) in [4.78, 5) is 0. The van der Waals surface area contributed by atoms with Crippen LogP contribution in [0.15, 0.2) is 0 Å². The average molecular weight is 139 g/mol. The average Bonchev–Trinajstić information content (AvgIpc) is 1.98. The van der Waals surface area contributed by atoms with E-state index < -0.39 is 0 Å². The Morgan fingerprint density at radius 2 is 2.10 bits per heavy atom. The lowest BCUT2D eigenvalue weighted by molar-refractivity contribution is 0.460. The standard InChI is InChI=1S/C9H17N/c1-3-5-6-9(4-2)7-8-10/h9H,3-7H2,1-2H3/t9-/m1/s1. The molecule has 0 radical (unpaired) electrons. The molecule has 0 aromatic rings. The second-order valence-electron chi connectivity index (χ2n) is 2.78. The van der Waals surface area contributed by atoms with Crippen molar-refractivity contribution < 1.29 is 0 Å². The van der Waals surface area contributed by atoms with Crippen LogP contribution >= 0.6 is 0 Å². The Kier molecular flexibility index (Phi) is 6.27. The van der Waals surface area contributed by atoms with E-state index in [4.69, 9.17) is 5.26 Å². The summed E-state index contributed by atoms with van der Waals surface area (Å²) < 4.78 is 0. The normalized spacial score (nSPS) is 12.5. The van der Waals surface area contributed by atoms with Gasteiger partial charge in [-0.25, -0.2) is 0 Å². The van der Waals surface area contributed by atoms with Crippen LogP contribution in [-0.2, 0) is 0 Å². The van der Waals surface area contributed by atoms with E-state index in [0.717, 1.165) is 12.8 Å². The van der Waals surface area contributed by atoms with Crippen LogP contribution in [0.3, 0.4) is 0 Å². The van der Waals surface area contributed by atoms with Gasteiger partial charge in [0.05, 0.1) is 6.07 Å². The summed E-state index contributed by atoms with van der Waals surface area (Å²) >= 11 is 0. The first-order valence-electron chi connectivity index (χ1n) is 4.22. The summed E-state index contributed by atoms with van der Waals surface area (Å²) in [5, 5.41) is 8.42. The Labute approximate surface area is 64.1 Å². The lowest BCUT2D eigenvalue weighted by Gasteiger charge is -2.08. The van der Waals surface area contributed by atoms with E-state index in [1.165, 1.54) is 19.3 Å². The van der Waals surface area contributed by atoms with Crippen LogP contribution in [0.4, 0.5) is 0 Å². The number of hydrogen-bond donors (Lipinski definition) is 0. The van der Waals surface area contributed by atoms with Gasteiger partial charge in [0, 0.05) is 6.42 Å². The third-order valence-corrected chi connectivity index (χ3v) is 1.92. The van der Waals surface area contributed by atoms with Gasteiger partial charge in [-0.05, 0) is 12.3 Å². The number of nitriles is 1. The van der Waals surface area contributed by atoms with Gasteiger partial charge in [-0.15, -0.1) is 0 Å². The Hall–Kier alpha value is -0.510. The molecule has 0 aliphatic carbocycles. The molecule has 0 heterocycles. The monoisotopic (exact) mass is 139 g/mol. The summed E-state index contributed by atoms with van der Waals surface area (Å²) in [6.07, 6.45) is 5.67. The molecule has 0 aliphatic rings. The third kappa shape index (κ3) is 4.38. The summed E-state index contributed by atoms with van der Waals surface area (Å²) in [6.45, 7) is 4.36. The molecule has 1 nitrogen and oxygen atoms in total. The second-order valence-corrected chi connectivity index (χ2v) is 2.78. The van der Waals surface area contributed by atoms with E-state index >= 15 is 0 Å². The van der Waals surface area contributed by atoms with Gasteiger partial charge < -0.3 is 0 Å². The van der Waals surface area contributed by atoms with Crippen molar-refractivity contribution in [3.05, 3.63) is 0 Å². The topological polar surface area (TPSA) is 23.8 Å². The van der Waals surface area contributed by atoms with Gasteiger partial charge in [-0.1, -0.05) is 33.1 Å². The molecule has 58 valence electrons. The largest absolute Gasteiger partial charge is 0.198 e. The quantitative estimate of drug-likeness (QED) is 0.574. The summed E-state index contributed by atoms with van der Waals surface area (Å²) in [6, 6.07) is 2.23. The van der Waals surface area contributed by atoms with Crippen LogP contribution in [0, 0.1) is 17.2 Å². The zero-order valence-electron chi connectivity index (χ0n) is 7.06. The lowest BCUT2D eigenvalue weighted by Crippen LogP contribution is -1.96. The Morgan fingerprint density at radius 3 is 2.50 bits per heavy atom. The maximum Gasteiger partial charge on any atom is 0.0624 e. The summed E-state index contributed by atoms with van der Waals surface area (Å²) in [5.74, 6) is 0.657. The molecule has 0 bridgehead atoms. The van der Waals surface area contributed by atoms with Crippen molar-refractivity contribution in [1.29, 1.82) is 5.26 Å². The fraction of sp³-hybridized carbons (Fsp3) is 0.889. The van der Waals surface area contributed by atoms with Crippen molar-refractivity contribution in [3.63, 3.8) is 0 Å². The van der Waals surface area contributed by atoms with Crippen molar-refractivity contribution >= 4 is 0 Å². The highest BCUT2D eigenvalue weighted by Crippen LogP contribution is 2.15. The first-order valence-corrected chi connectivity index (χ1v) is 4.22. The molecule has 0 aromatic carbocycles. The van der Waals surface area contributed by atoms with E-state index in [9.17, 15) is 0 Å². The van der Waals surface area contributed by atoms with E-state index in [-0.39, 0.29) is 0 Å². The Balaban J connectivity index is 3.32. The Bertz CT molecular complexity index is 102. The zero-order valence-corrected chi connectivity index (χ0v) is 7.06. The molecule has 0 saturated carbocycles. The molecule has 0 fully saturated rings. The number of unbranched alkanes of at least 4 members (excludes halogenated alkanes) is 1. The van der Waals surface area contributed by atoms with Crippen LogP contribution < -0.4 is 0 Å². The van der Waals surface area contributed by atoms with Gasteiger partial charge in [-0.3, -0.25) is 0 Å². The molecule has 0 unspecified atom stereocenters. The first kappa shape index (κ1) is 9.49. The molecule has 1 heteroatoms. The maximum absolute atomic E-state index is 8.42. The maximum atomic E-state index is 8.42. The molecule has 0 aliphatic heterocycles. The minimum atomic E-state index is 0.657. The highest BCUT2D eigenvalue weighted by molar-refractivity contribution is 4.74. The van der Waals surface area contributed by atoms with Crippen molar-refractivity contribution in [1.82, 2.24) is 0 Å². The van der Waals surface area contributed by atoms with Crippen molar-refractivity contribution in [2.75, 3.05) is 0 Å². The third-order valence-electron chi connectivity index (χ3n) is 1.92. The predicted octanol–water partition coefficient (Wildman–Crippen LogP) is 3.12. The summed E-state index contributed by atoms with van der Waals surface area (Å²) in [7, 11) is 0. The van der Waals surface area contributed by atoms with E-state index in [1.807, 2.05) is 0 Å². The van der Waals surface area contributed by atoms with Crippen molar-refractivity contribution in [3.8, 4) is 6.07 Å². The van der Waals surface area contributed by atoms with E-state index in [0.29, 0.717) is 5.92 Å². The van der Waals surface area contributed by atoms with Crippen LogP contribution in [0.25, 0.3) is 0 Å². The van der Waals surface area contributed by atoms with Crippen LogP contribution in [0.2, 0.25) is 0 Å². The highest BCUT2D eigenvalue weighted by Gasteiger charge is 2.03. The van der Waals surface area contributed by atoms with E-state index in [1.54, 1.807) is 0 Å². The SMILES string of the molecule is CCCC[C@@H](CC)CC#N. The van der Waals surface area contributed by atoms with E-state index in [2.05, 4.69) is 19.9 Å². The van der Waals surface area contributed by atoms with Crippen LogP contribution in [-0.4, -0.2) is 0 Å². The Morgan fingerprint density at radius 1 is 1.40 bits per heavy atom. The number of nitrogens with zero attached hydrogens (tertiary/aromatic N) is 1. The smallest absolute Gasteiger partial charge is 0.0624 e. The van der Waals surface area contributed by atoms with Gasteiger partial charge in [0.1, 0.15) is 0 Å². The fourth-order valence-electron chi connectivity index (χ4n) is 1.07. The first-order chi connectivity index (χ1) is 4.85. The number of hydrogen-bond acceptors (Lipinski definition) is 1. The van der Waals surface area contributed by atoms with Gasteiger partial charge in [0.25, 0.3) is 0 Å². The molecule has 0 N–H and O–H groups in total. The molecular weight excluding hydrogens is 122 g/mol. The molecule has 0 saturated heterocycles. The molecule has 0 amide bonds. The highest BCUT2D eigenvalue weighted by atomic mass is 14.2. The molecule has 0 aromatic heterocycles. The number of rotatable bonds is 5. The zero-order chi connectivity index (χ0) is 7.82. The van der Waals surface area contributed by atoms with Crippen LogP contribution in [0.1, 0.15) is 46.0 Å². The molecule has 0 spiro atoms. The fourth-order valence-corrected chi connectivity index (χ4v) is 1.07.